The molecule has 4 atom stereocenters. The van der Waals surface area contributed by atoms with Gasteiger partial charge in [-0.3, -0.25) is 9.59 Å². The van der Waals surface area contributed by atoms with E-state index >= 15 is 0 Å². The minimum atomic E-state index is -1.16. The first-order valence-corrected chi connectivity index (χ1v) is 10.4. The van der Waals surface area contributed by atoms with Crippen molar-refractivity contribution in [3.8, 4) is 5.75 Å². The van der Waals surface area contributed by atoms with Crippen molar-refractivity contribution in [2.24, 2.45) is 11.8 Å². The van der Waals surface area contributed by atoms with Crippen molar-refractivity contribution in [1.82, 2.24) is 15.1 Å². The molecule has 31 heavy (non-hydrogen) atoms. The van der Waals surface area contributed by atoms with Crippen LogP contribution in [-0.2, 0) is 9.59 Å². The Morgan fingerprint density at radius 1 is 1.35 bits per heavy atom. The number of carbonyl (C=O) groups is 3. The van der Waals surface area contributed by atoms with Gasteiger partial charge in [0.15, 0.2) is 0 Å². The molecule has 0 aromatic heterocycles. The van der Waals surface area contributed by atoms with Crippen LogP contribution < -0.4 is 5.32 Å². The molecule has 1 aromatic rings. The molecule has 2 amide bonds. The number of nitrogens with one attached hydrogen (secondary N) is 1. The van der Waals surface area contributed by atoms with Crippen LogP contribution in [0, 0.1) is 11.8 Å². The topological polar surface area (TPSA) is 130 Å². The lowest BCUT2D eigenvalue weighted by Gasteiger charge is -2.46. The number of halogens is 1. The molecule has 0 radical (unpaired) electrons. The predicted molar refractivity (Wildman–Crippen MR) is 113 cm³/mol. The van der Waals surface area contributed by atoms with Crippen LogP contribution in [0.5, 0.6) is 5.75 Å². The molecular weight excluding hydrogens is 426 g/mol. The van der Waals surface area contributed by atoms with Crippen LogP contribution in [0.3, 0.4) is 0 Å². The molecule has 4 N–H and O–H groups in total. The van der Waals surface area contributed by atoms with Gasteiger partial charge >= 0.3 is 5.97 Å². The molecular formula is C21H26ClN3O6. The van der Waals surface area contributed by atoms with E-state index in [4.69, 9.17) is 11.6 Å². The van der Waals surface area contributed by atoms with Gasteiger partial charge in [-0.2, -0.15) is 0 Å². The van der Waals surface area contributed by atoms with Gasteiger partial charge < -0.3 is 30.4 Å². The average molecular weight is 452 g/mol. The van der Waals surface area contributed by atoms with E-state index in [9.17, 15) is 29.7 Å². The summed E-state index contributed by atoms with van der Waals surface area (Å²) < 4.78 is 0. The van der Waals surface area contributed by atoms with Gasteiger partial charge in [0, 0.05) is 25.6 Å². The Hall–Kier alpha value is -2.62. The fourth-order valence-corrected chi connectivity index (χ4v) is 4.59. The SMILES string of the molecule is C[C@H]1C(CN(C)CCNC(=O)c2cccc(O)c2Cl)=C(C(=O)O)N2C(=O)[C@H]([C@@H](C)O)C12. The molecule has 1 fully saturated rings. The Morgan fingerprint density at radius 3 is 2.65 bits per heavy atom. The quantitative estimate of drug-likeness (QED) is 0.432. The van der Waals surface area contributed by atoms with Gasteiger partial charge in [0.05, 0.1) is 28.6 Å². The second-order valence-corrected chi connectivity index (χ2v) is 8.44. The van der Waals surface area contributed by atoms with Crippen LogP contribution in [0.15, 0.2) is 29.5 Å². The van der Waals surface area contributed by atoms with Crippen molar-refractivity contribution in [2.75, 3.05) is 26.7 Å². The number of hydrogen-bond acceptors (Lipinski definition) is 6. The molecule has 0 aliphatic carbocycles. The summed E-state index contributed by atoms with van der Waals surface area (Å²) in [6, 6.07) is 4.06. The van der Waals surface area contributed by atoms with Crippen LogP contribution >= 0.6 is 11.6 Å². The maximum atomic E-state index is 12.4. The highest BCUT2D eigenvalue weighted by Crippen LogP contribution is 2.47. The number of phenols is 1. The van der Waals surface area contributed by atoms with Crippen molar-refractivity contribution in [2.45, 2.75) is 26.0 Å². The molecule has 0 bridgehead atoms. The lowest BCUT2D eigenvalue weighted by Crippen LogP contribution is -2.63. The third-order valence-corrected chi connectivity index (χ3v) is 6.36. The predicted octanol–water partition coefficient (Wildman–Crippen LogP) is 0.903. The van der Waals surface area contributed by atoms with Crippen molar-refractivity contribution in [3.05, 3.63) is 40.1 Å². The fraction of sp³-hybridized carbons (Fsp3) is 0.476. The summed E-state index contributed by atoms with van der Waals surface area (Å²) in [4.78, 5) is 39.7. The Morgan fingerprint density at radius 2 is 2.03 bits per heavy atom. The van der Waals surface area contributed by atoms with E-state index in [1.165, 1.54) is 23.1 Å². The van der Waals surface area contributed by atoms with E-state index in [0.717, 1.165) is 0 Å². The number of likely N-dealkylation sites (N-methyl/N-ethyl adjacent to an activating group) is 1. The molecule has 168 valence electrons. The molecule has 1 unspecified atom stereocenters. The van der Waals surface area contributed by atoms with Gasteiger partial charge in [-0.05, 0) is 31.7 Å². The number of carboxylic acids is 1. The van der Waals surface area contributed by atoms with Crippen LogP contribution in [-0.4, -0.2) is 81.7 Å². The summed E-state index contributed by atoms with van der Waals surface area (Å²) in [7, 11) is 1.79. The number of amides is 2. The van der Waals surface area contributed by atoms with E-state index in [-0.39, 0.29) is 46.4 Å². The summed E-state index contributed by atoms with van der Waals surface area (Å²) in [5, 5.41) is 31.9. The lowest BCUT2D eigenvalue weighted by atomic mass is 9.77. The van der Waals surface area contributed by atoms with Crippen molar-refractivity contribution in [1.29, 1.82) is 0 Å². The van der Waals surface area contributed by atoms with Crippen molar-refractivity contribution in [3.63, 3.8) is 0 Å². The number of rotatable bonds is 8. The molecule has 1 saturated heterocycles. The molecule has 3 rings (SSSR count). The van der Waals surface area contributed by atoms with E-state index in [1.54, 1.807) is 14.0 Å². The van der Waals surface area contributed by atoms with E-state index in [0.29, 0.717) is 18.7 Å². The summed E-state index contributed by atoms with van der Waals surface area (Å²) >= 11 is 5.95. The molecule has 1 aromatic carbocycles. The maximum Gasteiger partial charge on any atom is 0.352 e. The van der Waals surface area contributed by atoms with Crippen molar-refractivity contribution < 1.29 is 29.7 Å². The zero-order chi connectivity index (χ0) is 23.0. The zero-order valence-corrected chi connectivity index (χ0v) is 18.3. The summed E-state index contributed by atoms with van der Waals surface area (Å²) in [5.74, 6) is -2.93. The second kappa shape index (κ2) is 8.86. The Bertz CT molecular complexity index is 947. The molecule has 10 heteroatoms. The number of aromatic hydroxyl groups is 1. The number of fused-ring (bicyclic) bond motifs is 1. The number of β-lactam (4-membered cyclic amide) rings is 1. The first-order valence-electron chi connectivity index (χ1n) is 9.98. The van der Waals surface area contributed by atoms with Crippen LogP contribution in [0.25, 0.3) is 0 Å². The summed E-state index contributed by atoms with van der Waals surface area (Å²) in [5.41, 5.74) is 0.775. The normalized spacial score (nSPS) is 23.6. The first-order chi connectivity index (χ1) is 14.6. The highest BCUT2D eigenvalue weighted by Gasteiger charge is 2.59. The highest BCUT2D eigenvalue weighted by atomic mass is 35.5. The van der Waals surface area contributed by atoms with E-state index in [1.807, 2.05) is 11.8 Å². The number of nitrogens with zero attached hydrogens (tertiary/aromatic N) is 2. The fourth-order valence-electron chi connectivity index (χ4n) is 4.37. The van der Waals surface area contributed by atoms with Gasteiger partial charge in [-0.15, -0.1) is 0 Å². The van der Waals surface area contributed by atoms with E-state index in [2.05, 4.69) is 5.32 Å². The number of hydrogen-bond donors (Lipinski definition) is 4. The standard InChI is InChI=1S/C21H26ClN3O6/c1-10-13(18(21(30)31)25-17(10)15(11(2)26)20(25)29)9-24(3)8-7-23-19(28)12-5-4-6-14(27)16(12)22/h4-6,10-11,15,17,26-27H,7-9H2,1-3H3,(H,23,28)(H,30,31)/t10-,11+,15+,17?/m0/s1. The number of aliphatic hydroxyl groups excluding tert-OH is 1. The van der Waals surface area contributed by atoms with Crippen LogP contribution in [0.4, 0.5) is 0 Å². The van der Waals surface area contributed by atoms with Crippen LogP contribution in [0.2, 0.25) is 5.02 Å². The molecule has 2 aliphatic heterocycles. The molecule has 2 heterocycles. The smallest absolute Gasteiger partial charge is 0.352 e. The van der Waals surface area contributed by atoms with Gasteiger partial charge in [0.25, 0.3) is 5.91 Å². The van der Waals surface area contributed by atoms with Gasteiger partial charge in [-0.25, -0.2) is 4.79 Å². The zero-order valence-electron chi connectivity index (χ0n) is 17.5. The van der Waals surface area contributed by atoms with Gasteiger partial charge in [0.2, 0.25) is 5.91 Å². The van der Waals surface area contributed by atoms with Gasteiger partial charge in [-0.1, -0.05) is 24.6 Å². The number of aliphatic hydroxyl groups is 1. The minimum absolute atomic E-state index is 0.0122. The van der Waals surface area contributed by atoms with Gasteiger partial charge in [0.1, 0.15) is 11.4 Å². The molecule has 0 saturated carbocycles. The van der Waals surface area contributed by atoms with E-state index < -0.39 is 23.9 Å². The first kappa shape index (κ1) is 23.1. The second-order valence-electron chi connectivity index (χ2n) is 8.07. The lowest BCUT2D eigenvalue weighted by molar-refractivity contribution is -0.163. The number of phenolic OH excluding ortho intramolecular Hbond substituents is 1. The summed E-state index contributed by atoms with van der Waals surface area (Å²) in [6.07, 6.45) is -0.845. The number of carboxylic acid groups (broad SMARTS) is 1. The molecule has 0 spiro atoms. The highest BCUT2D eigenvalue weighted by molar-refractivity contribution is 6.35. The average Bonchev–Trinajstić information content (AvgIpc) is 2.92. The maximum absolute atomic E-state index is 12.4. The number of benzene rings is 1. The Kier molecular flexibility index (Phi) is 6.59. The summed E-state index contributed by atoms with van der Waals surface area (Å²) in [6.45, 7) is 4.40. The Labute approximate surface area is 184 Å². The largest absolute Gasteiger partial charge is 0.506 e. The third kappa shape index (κ3) is 4.13. The number of carbonyl (C=O) groups excluding carboxylic acids is 2. The third-order valence-electron chi connectivity index (χ3n) is 5.96. The van der Waals surface area contributed by atoms with Crippen molar-refractivity contribution >= 4 is 29.4 Å². The minimum Gasteiger partial charge on any atom is -0.506 e. The number of aliphatic carboxylic acids is 1. The Balaban J connectivity index is 1.63. The monoisotopic (exact) mass is 451 g/mol. The van der Waals surface area contributed by atoms with Crippen LogP contribution in [0.1, 0.15) is 24.2 Å². The molecule has 9 nitrogen and oxygen atoms in total. The molecule has 2 aliphatic rings.